The Morgan fingerprint density at radius 2 is 1.71 bits per heavy atom. The molecule has 3 aromatic rings. The topological polar surface area (TPSA) is 40.5 Å². The van der Waals surface area contributed by atoms with Gasteiger partial charge in [0.1, 0.15) is 11.5 Å². The Labute approximate surface area is 124 Å². The van der Waals surface area contributed by atoms with Gasteiger partial charge in [0.2, 0.25) is 0 Å². The van der Waals surface area contributed by atoms with Gasteiger partial charge in [-0.25, -0.2) is 0 Å². The van der Waals surface area contributed by atoms with Crippen LogP contribution in [0.3, 0.4) is 0 Å². The Kier molecular flexibility index (Phi) is 3.53. The van der Waals surface area contributed by atoms with Gasteiger partial charge in [-0.3, -0.25) is 0 Å². The molecule has 0 amide bonds. The number of aryl methyl sites for hydroxylation is 1. The maximum atomic E-state index is 10.2. The smallest absolute Gasteiger partial charge is 0.123 e. The standard InChI is InChI=1S/C19H18O2/c1-2-5-14-9-8-13-6-3-4-7-16(13)19(14)17-12-15(20)10-11-18(17)21/h3-4,6-12,20-21H,2,5H2,1H3. The predicted octanol–water partition coefficient (Wildman–Crippen LogP) is 4.87. The molecule has 0 unspecified atom stereocenters. The van der Waals surface area contributed by atoms with Crippen molar-refractivity contribution in [2.75, 3.05) is 0 Å². The second-order valence-corrected chi connectivity index (χ2v) is 5.27. The largest absolute Gasteiger partial charge is 0.508 e. The molecule has 0 aliphatic carbocycles. The van der Waals surface area contributed by atoms with Gasteiger partial charge in [0.05, 0.1) is 0 Å². The van der Waals surface area contributed by atoms with E-state index in [1.807, 2.05) is 12.1 Å². The number of fused-ring (bicyclic) bond motifs is 1. The maximum Gasteiger partial charge on any atom is 0.123 e. The van der Waals surface area contributed by atoms with Crippen LogP contribution in [0, 0.1) is 0 Å². The van der Waals surface area contributed by atoms with Crippen LogP contribution in [0.4, 0.5) is 0 Å². The lowest BCUT2D eigenvalue weighted by Crippen LogP contribution is -1.92. The second kappa shape index (κ2) is 5.49. The third-order valence-corrected chi connectivity index (χ3v) is 3.78. The zero-order valence-corrected chi connectivity index (χ0v) is 12.0. The summed E-state index contributed by atoms with van der Waals surface area (Å²) in [6.45, 7) is 2.14. The number of phenolic OH excluding ortho intramolecular Hbond substituents is 2. The molecule has 3 aromatic carbocycles. The molecule has 0 aliphatic rings. The molecule has 0 radical (unpaired) electrons. The molecule has 0 spiro atoms. The average Bonchev–Trinajstić information content (AvgIpc) is 2.50. The van der Waals surface area contributed by atoms with Crippen molar-refractivity contribution in [1.82, 2.24) is 0 Å². The highest BCUT2D eigenvalue weighted by Gasteiger charge is 2.13. The minimum atomic E-state index is 0.165. The summed E-state index contributed by atoms with van der Waals surface area (Å²) in [6.07, 6.45) is 1.97. The summed E-state index contributed by atoms with van der Waals surface area (Å²) in [7, 11) is 0. The molecule has 0 saturated heterocycles. The SMILES string of the molecule is CCCc1ccc2ccccc2c1-c1cc(O)ccc1O. The maximum absolute atomic E-state index is 10.2. The Hall–Kier alpha value is -2.48. The van der Waals surface area contributed by atoms with Gasteiger partial charge in [-0.05, 0) is 46.5 Å². The molecule has 106 valence electrons. The molecular formula is C19H18O2. The molecule has 0 fully saturated rings. The molecule has 2 N–H and O–H groups in total. The summed E-state index contributed by atoms with van der Waals surface area (Å²) in [4.78, 5) is 0. The van der Waals surface area contributed by atoms with Gasteiger partial charge in [-0.15, -0.1) is 0 Å². The van der Waals surface area contributed by atoms with E-state index < -0.39 is 0 Å². The summed E-state index contributed by atoms with van der Waals surface area (Å²) < 4.78 is 0. The summed E-state index contributed by atoms with van der Waals surface area (Å²) in [5.41, 5.74) is 2.90. The van der Waals surface area contributed by atoms with Crippen LogP contribution < -0.4 is 0 Å². The first-order valence-corrected chi connectivity index (χ1v) is 7.23. The molecule has 0 bridgehead atoms. The molecule has 21 heavy (non-hydrogen) atoms. The van der Waals surface area contributed by atoms with E-state index >= 15 is 0 Å². The minimum absolute atomic E-state index is 0.165. The van der Waals surface area contributed by atoms with Crippen molar-refractivity contribution < 1.29 is 10.2 Å². The zero-order chi connectivity index (χ0) is 14.8. The average molecular weight is 278 g/mol. The van der Waals surface area contributed by atoms with Gasteiger partial charge in [-0.2, -0.15) is 0 Å². The third-order valence-electron chi connectivity index (χ3n) is 3.78. The Bertz CT molecular complexity index is 791. The Balaban J connectivity index is 2.37. The lowest BCUT2D eigenvalue weighted by atomic mass is 9.91. The van der Waals surface area contributed by atoms with Crippen LogP contribution in [0.15, 0.2) is 54.6 Å². The number of rotatable bonds is 3. The van der Waals surface area contributed by atoms with E-state index in [4.69, 9.17) is 0 Å². The quantitative estimate of drug-likeness (QED) is 0.671. The Morgan fingerprint density at radius 1 is 0.905 bits per heavy atom. The molecule has 0 saturated carbocycles. The van der Waals surface area contributed by atoms with E-state index in [2.05, 4.69) is 31.2 Å². The van der Waals surface area contributed by atoms with Gasteiger partial charge in [-0.1, -0.05) is 49.7 Å². The normalized spacial score (nSPS) is 10.9. The molecule has 0 aliphatic heterocycles. The fourth-order valence-corrected chi connectivity index (χ4v) is 2.84. The van der Waals surface area contributed by atoms with E-state index in [9.17, 15) is 10.2 Å². The number of aromatic hydroxyl groups is 2. The molecule has 0 atom stereocenters. The van der Waals surface area contributed by atoms with Crippen molar-refractivity contribution in [3.8, 4) is 22.6 Å². The van der Waals surface area contributed by atoms with E-state index in [0.29, 0.717) is 5.56 Å². The van der Waals surface area contributed by atoms with Crippen molar-refractivity contribution in [3.63, 3.8) is 0 Å². The van der Waals surface area contributed by atoms with E-state index in [1.54, 1.807) is 12.1 Å². The lowest BCUT2D eigenvalue weighted by Gasteiger charge is -2.14. The third kappa shape index (κ3) is 2.45. The van der Waals surface area contributed by atoms with E-state index in [-0.39, 0.29) is 11.5 Å². The number of hydrogen-bond donors (Lipinski definition) is 2. The highest BCUT2D eigenvalue weighted by atomic mass is 16.3. The predicted molar refractivity (Wildman–Crippen MR) is 86.7 cm³/mol. The summed E-state index contributed by atoms with van der Waals surface area (Å²) in [5, 5.41) is 22.2. The molecule has 3 rings (SSSR count). The first kappa shape index (κ1) is 13.5. The number of benzene rings is 3. The fraction of sp³-hybridized carbons (Fsp3) is 0.158. The van der Waals surface area contributed by atoms with Gasteiger partial charge in [0, 0.05) is 5.56 Å². The molecule has 0 heterocycles. The molecular weight excluding hydrogens is 260 g/mol. The van der Waals surface area contributed by atoms with Crippen LogP contribution in [-0.2, 0) is 6.42 Å². The highest BCUT2D eigenvalue weighted by molar-refractivity contribution is 5.99. The van der Waals surface area contributed by atoms with Gasteiger partial charge >= 0.3 is 0 Å². The summed E-state index contributed by atoms with van der Waals surface area (Å²) in [5.74, 6) is 0.361. The van der Waals surface area contributed by atoms with Gasteiger partial charge in [0.15, 0.2) is 0 Å². The van der Waals surface area contributed by atoms with Crippen LogP contribution in [0.1, 0.15) is 18.9 Å². The van der Waals surface area contributed by atoms with Crippen LogP contribution in [0.5, 0.6) is 11.5 Å². The monoisotopic (exact) mass is 278 g/mol. The van der Waals surface area contributed by atoms with Crippen molar-refractivity contribution in [2.24, 2.45) is 0 Å². The highest BCUT2D eigenvalue weighted by Crippen LogP contribution is 2.39. The van der Waals surface area contributed by atoms with Crippen LogP contribution >= 0.6 is 0 Å². The fourth-order valence-electron chi connectivity index (χ4n) is 2.84. The van der Waals surface area contributed by atoms with E-state index in [0.717, 1.165) is 29.2 Å². The van der Waals surface area contributed by atoms with Gasteiger partial charge in [0.25, 0.3) is 0 Å². The number of hydrogen-bond acceptors (Lipinski definition) is 2. The molecule has 2 nitrogen and oxygen atoms in total. The molecule has 0 aromatic heterocycles. The van der Waals surface area contributed by atoms with Crippen molar-refractivity contribution in [2.45, 2.75) is 19.8 Å². The van der Waals surface area contributed by atoms with Crippen molar-refractivity contribution in [3.05, 3.63) is 60.2 Å². The summed E-state index contributed by atoms with van der Waals surface area (Å²) in [6, 6.07) is 17.0. The number of phenols is 2. The second-order valence-electron chi connectivity index (χ2n) is 5.27. The van der Waals surface area contributed by atoms with Crippen LogP contribution in [-0.4, -0.2) is 10.2 Å². The van der Waals surface area contributed by atoms with Crippen molar-refractivity contribution in [1.29, 1.82) is 0 Å². The van der Waals surface area contributed by atoms with Crippen LogP contribution in [0.2, 0.25) is 0 Å². The summed E-state index contributed by atoms with van der Waals surface area (Å²) >= 11 is 0. The first-order chi connectivity index (χ1) is 10.2. The van der Waals surface area contributed by atoms with Crippen molar-refractivity contribution >= 4 is 10.8 Å². The lowest BCUT2D eigenvalue weighted by molar-refractivity contribution is 0.462. The van der Waals surface area contributed by atoms with E-state index in [1.165, 1.54) is 11.6 Å². The Morgan fingerprint density at radius 3 is 2.52 bits per heavy atom. The minimum Gasteiger partial charge on any atom is -0.508 e. The molecule has 2 heteroatoms. The van der Waals surface area contributed by atoms with Gasteiger partial charge < -0.3 is 10.2 Å². The zero-order valence-electron chi connectivity index (χ0n) is 12.0. The van der Waals surface area contributed by atoms with Crippen LogP contribution in [0.25, 0.3) is 21.9 Å². The first-order valence-electron chi connectivity index (χ1n) is 7.23.